The standard InChI is InChI=1S/C20H21N3O5/c1-3-28-20(25)11-7-15-5-9-16(10-6-15)21-13-19(24)22-17-8-4-14(2)18(12-17)23(26)27/h4-12,21H,3,13H2,1-2H3,(H,22,24)/b11-7+. The third-order valence-electron chi connectivity index (χ3n) is 3.75. The number of benzene rings is 2. The number of nitro groups is 1. The Hall–Kier alpha value is -3.68. The van der Waals surface area contributed by atoms with Crippen LogP contribution in [0.5, 0.6) is 0 Å². The van der Waals surface area contributed by atoms with Crippen LogP contribution in [0.2, 0.25) is 0 Å². The van der Waals surface area contributed by atoms with Crippen LogP contribution >= 0.6 is 0 Å². The molecule has 0 aliphatic carbocycles. The average molecular weight is 383 g/mol. The molecule has 28 heavy (non-hydrogen) atoms. The molecular formula is C20H21N3O5. The molecule has 0 saturated heterocycles. The first-order valence-corrected chi connectivity index (χ1v) is 8.62. The highest BCUT2D eigenvalue weighted by atomic mass is 16.6. The Balaban J connectivity index is 1.88. The number of aryl methyl sites for hydroxylation is 1. The molecule has 2 rings (SSSR count). The van der Waals surface area contributed by atoms with Gasteiger partial charge < -0.3 is 15.4 Å². The van der Waals surface area contributed by atoms with Gasteiger partial charge in [0.25, 0.3) is 5.69 Å². The van der Waals surface area contributed by atoms with Gasteiger partial charge in [-0.1, -0.05) is 18.2 Å². The number of carbonyl (C=O) groups excluding carboxylic acids is 2. The second kappa shape index (κ2) is 9.86. The molecule has 0 unspecified atom stereocenters. The Morgan fingerprint density at radius 3 is 2.46 bits per heavy atom. The SMILES string of the molecule is CCOC(=O)/C=C/c1ccc(NCC(=O)Nc2ccc(C)c([N+](=O)[O-])c2)cc1. The van der Waals surface area contributed by atoms with E-state index in [0.717, 1.165) is 11.3 Å². The number of rotatable bonds is 8. The monoisotopic (exact) mass is 383 g/mol. The van der Waals surface area contributed by atoms with Gasteiger partial charge in [-0.05, 0) is 43.7 Å². The molecule has 0 atom stereocenters. The van der Waals surface area contributed by atoms with Crippen molar-refractivity contribution < 1.29 is 19.2 Å². The zero-order chi connectivity index (χ0) is 20.5. The minimum absolute atomic E-state index is 0.000312. The maximum atomic E-state index is 12.1. The fraction of sp³-hybridized carbons (Fsp3) is 0.200. The number of nitrogens with zero attached hydrogens (tertiary/aromatic N) is 1. The van der Waals surface area contributed by atoms with Gasteiger partial charge >= 0.3 is 5.97 Å². The average Bonchev–Trinajstić information content (AvgIpc) is 2.67. The summed E-state index contributed by atoms with van der Waals surface area (Å²) in [6.45, 7) is 3.70. The van der Waals surface area contributed by atoms with Gasteiger partial charge in [0.05, 0.1) is 18.1 Å². The summed E-state index contributed by atoms with van der Waals surface area (Å²) in [5.41, 5.74) is 2.38. The molecule has 2 aromatic carbocycles. The van der Waals surface area contributed by atoms with Crippen LogP contribution in [0.3, 0.4) is 0 Å². The largest absolute Gasteiger partial charge is 0.463 e. The normalized spacial score (nSPS) is 10.5. The summed E-state index contributed by atoms with van der Waals surface area (Å²) < 4.78 is 4.81. The van der Waals surface area contributed by atoms with Gasteiger partial charge in [0.15, 0.2) is 0 Å². The van der Waals surface area contributed by atoms with Crippen LogP contribution in [0, 0.1) is 17.0 Å². The van der Waals surface area contributed by atoms with Gasteiger partial charge in [-0.3, -0.25) is 14.9 Å². The van der Waals surface area contributed by atoms with E-state index >= 15 is 0 Å². The molecule has 2 N–H and O–H groups in total. The predicted molar refractivity (Wildman–Crippen MR) is 107 cm³/mol. The van der Waals surface area contributed by atoms with Crippen LogP contribution in [0.15, 0.2) is 48.5 Å². The molecule has 8 heteroatoms. The van der Waals surface area contributed by atoms with Crippen molar-refractivity contribution in [2.24, 2.45) is 0 Å². The van der Waals surface area contributed by atoms with Crippen LogP contribution in [0.1, 0.15) is 18.1 Å². The van der Waals surface area contributed by atoms with E-state index in [0.29, 0.717) is 17.9 Å². The topological polar surface area (TPSA) is 111 Å². The van der Waals surface area contributed by atoms with Crippen molar-refractivity contribution in [1.29, 1.82) is 0 Å². The summed E-state index contributed by atoms with van der Waals surface area (Å²) in [5.74, 6) is -0.734. The van der Waals surface area contributed by atoms with E-state index in [1.807, 2.05) is 0 Å². The lowest BCUT2D eigenvalue weighted by atomic mass is 10.2. The van der Waals surface area contributed by atoms with Crippen LogP contribution < -0.4 is 10.6 Å². The molecule has 0 bridgehead atoms. The fourth-order valence-corrected chi connectivity index (χ4v) is 2.34. The van der Waals surface area contributed by atoms with Crippen molar-refractivity contribution in [1.82, 2.24) is 0 Å². The van der Waals surface area contributed by atoms with Gasteiger partial charge in [-0.15, -0.1) is 0 Å². The summed E-state index contributed by atoms with van der Waals surface area (Å²) in [6, 6.07) is 11.7. The molecule has 0 aromatic heterocycles. The summed E-state index contributed by atoms with van der Waals surface area (Å²) in [4.78, 5) is 33.8. The van der Waals surface area contributed by atoms with E-state index in [-0.39, 0.29) is 18.1 Å². The lowest BCUT2D eigenvalue weighted by molar-refractivity contribution is -0.385. The minimum Gasteiger partial charge on any atom is -0.463 e. The molecule has 0 fully saturated rings. The van der Waals surface area contributed by atoms with Gasteiger partial charge in [0.2, 0.25) is 5.91 Å². The predicted octanol–water partition coefficient (Wildman–Crippen LogP) is 3.53. The fourth-order valence-electron chi connectivity index (χ4n) is 2.34. The molecule has 1 amide bonds. The summed E-state index contributed by atoms with van der Waals surface area (Å²) >= 11 is 0. The van der Waals surface area contributed by atoms with Crippen molar-refractivity contribution in [3.63, 3.8) is 0 Å². The zero-order valence-corrected chi connectivity index (χ0v) is 15.6. The number of amides is 1. The first-order valence-electron chi connectivity index (χ1n) is 8.62. The summed E-state index contributed by atoms with van der Waals surface area (Å²) in [7, 11) is 0. The molecule has 0 aliphatic heterocycles. The van der Waals surface area contributed by atoms with Crippen molar-refractivity contribution >= 4 is 35.0 Å². The third kappa shape index (κ3) is 6.24. The number of nitrogens with one attached hydrogen (secondary N) is 2. The second-order valence-electron chi connectivity index (χ2n) is 5.87. The van der Waals surface area contributed by atoms with Gasteiger partial charge in [-0.25, -0.2) is 4.79 Å². The number of carbonyl (C=O) groups is 2. The smallest absolute Gasteiger partial charge is 0.330 e. The summed E-state index contributed by atoms with van der Waals surface area (Å²) in [6.07, 6.45) is 2.99. The number of esters is 1. The van der Waals surface area contributed by atoms with E-state index in [1.54, 1.807) is 56.3 Å². The maximum absolute atomic E-state index is 12.1. The molecule has 0 aliphatic rings. The number of nitro benzene ring substituents is 1. The van der Waals surface area contributed by atoms with Crippen LogP contribution in [-0.4, -0.2) is 30.0 Å². The van der Waals surface area contributed by atoms with Gasteiger partial charge in [0, 0.05) is 29.1 Å². The molecule has 0 radical (unpaired) electrons. The van der Waals surface area contributed by atoms with Crippen molar-refractivity contribution in [2.75, 3.05) is 23.8 Å². The van der Waals surface area contributed by atoms with Gasteiger partial charge in [-0.2, -0.15) is 0 Å². The lowest BCUT2D eigenvalue weighted by Crippen LogP contribution is -2.21. The molecule has 0 spiro atoms. The Bertz CT molecular complexity index is 891. The molecule has 0 saturated carbocycles. The second-order valence-corrected chi connectivity index (χ2v) is 5.87. The zero-order valence-electron chi connectivity index (χ0n) is 15.6. The first kappa shape index (κ1) is 20.6. The van der Waals surface area contributed by atoms with Crippen molar-refractivity contribution in [3.05, 3.63) is 69.8 Å². The van der Waals surface area contributed by atoms with Crippen molar-refractivity contribution in [2.45, 2.75) is 13.8 Å². The number of hydrogen-bond donors (Lipinski definition) is 2. The van der Waals surface area contributed by atoms with E-state index in [1.165, 1.54) is 12.1 Å². The maximum Gasteiger partial charge on any atom is 0.330 e. The molecule has 0 heterocycles. The van der Waals surface area contributed by atoms with E-state index in [4.69, 9.17) is 4.74 Å². The minimum atomic E-state index is -0.485. The highest BCUT2D eigenvalue weighted by Crippen LogP contribution is 2.22. The highest BCUT2D eigenvalue weighted by Gasteiger charge is 2.12. The number of ether oxygens (including phenoxy) is 1. The van der Waals surface area contributed by atoms with Gasteiger partial charge in [0.1, 0.15) is 0 Å². The Labute approximate surface area is 162 Å². The Morgan fingerprint density at radius 2 is 1.82 bits per heavy atom. The van der Waals surface area contributed by atoms with E-state index < -0.39 is 10.9 Å². The quantitative estimate of drug-likeness (QED) is 0.312. The number of anilines is 2. The Kier molecular flexibility index (Phi) is 7.27. The van der Waals surface area contributed by atoms with Crippen LogP contribution in [-0.2, 0) is 14.3 Å². The van der Waals surface area contributed by atoms with Crippen molar-refractivity contribution in [3.8, 4) is 0 Å². The van der Waals surface area contributed by atoms with Crippen LogP contribution in [0.4, 0.5) is 17.1 Å². The third-order valence-corrected chi connectivity index (χ3v) is 3.75. The van der Waals surface area contributed by atoms with E-state index in [9.17, 15) is 19.7 Å². The molecule has 8 nitrogen and oxygen atoms in total. The van der Waals surface area contributed by atoms with E-state index in [2.05, 4.69) is 10.6 Å². The lowest BCUT2D eigenvalue weighted by Gasteiger charge is -2.08. The summed E-state index contributed by atoms with van der Waals surface area (Å²) in [5, 5.41) is 16.6. The highest BCUT2D eigenvalue weighted by molar-refractivity contribution is 5.94. The molecule has 2 aromatic rings. The first-order chi connectivity index (χ1) is 13.4. The molecule has 146 valence electrons. The van der Waals surface area contributed by atoms with Crippen LogP contribution in [0.25, 0.3) is 6.08 Å². The Morgan fingerprint density at radius 1 is 1.14 bits per heavy atom. The number of hydrogen-bond acceptors (Lipinski definition) is 6. The molecular weight excluding hydrogens is 362 g/mol.